The average Bonchev–Trinajstić information content (AvgIpc) is 2.33. The Kier molecular flexibility index (Phi) is 2.77. The first-order chi connectivity index (χ1) is 8.01. The Morgan fingerprint density at radius 1 is 0.882 bits per heavy atom. The van der Waals surface area contributed by atoms with Gasteiger partial charge >= 0.3 is 0 Å². The number of anilines is 2. The highest BCUT2D eigenvalue weighted by Gasteiger charge is 2.25. The minimum atomic E-state index is -1.07. The van der Waals surface area contributed by atoms with Crippen LogP contribution in [0.1, 0.15) is 18.1 Å². The lowest BCUT2D eigenvalue weighted by atomic mass is 9.88. The van der Waals surface area contributed by atoms with Crippen LogP contribution in [-0.4, -0.2) is 5.11 Å². The van der Waals surface area contributed by atoms with Gasteiger partial charge in [-0.15, -0.1) is 0 Å². The standard InChI is InChI=1S/C14H16N2O/c1-14(17,10-5-3-2-4-6-10)11-7-8-12(15)13(16)9-11/h2-9,17H,15-16H2,1H3/t14-/m1/s1. The molecule has 0 spiro atoms. The molecule has 3 heteroatoms. The highest BCUT2D eigenvalue weighted by atomic mass is 16.3. The zero-order valence-electron chi connectivity index (χ0n) is 9.72. The van der Waals surface area contributed by atoms with E-state index in [0.29, 0.717) is 11.4 Å². The van der Waals surface area contributed by atoms with Crippen LogP contribution in [0, 0.1) is 0 Å². The third-order valence-corrected chi connectivity index (χ3v) is 2.98. The van der Waals surface area contributed by atoms with Crippen molar-refractivity contribution in [3.8, 4) is 0 Å². The summed E-state index contributed by atoms with van der Waals surface area (Å²) in [5.41, 5.74) is 12.9. The highest BCUT2D eigenvalue weighted by molar-refractivity contribution is 5.64. The fourth-order valence-corrected chi connectivity index (χ4v) is 1.81. The van der Waals surface area contributed by atoms with Crippen molar-refractivity contribution in [1.82, 2.24) is 0 Å². The second-order valence-electron chi connectivity index (χ2n) is 4.28. The van der Waals surface area contributed by atoms with Crippen molar-refractivity contribution in [2.45, 2.75) is 12.5 Å². The molecule has 2 aromatic rings. The second-order valence-corrected chi connectivity index (χ2v) is 4.28. The molecule has 0 aliphatic heterocycles. The molecule has 0 aromatic heterocycles. The van der Waals surface area contributed by atoms with Crippen LogP contribution < -0.4 is 11.5 Å². The molecule has 0 aliphatic rings. The fraction of sp³-hybridized carbons (Fsp3) is 0.143. The largest absolute Gasteiger partial charge is 0.397 e. The number of nitrogens with two attached hydrogens (primary N) is 2. The smallest absolute Gasteiger partial charge is 0.112 e. The maximum Gasteiger partial charge on any atom is 0.112 e. The summed E-state index contributed by atoms with van der Waals surface area (Å²) in [6, 6.07) is 14.7. The Bertz CT molecular complexity index is 521. The Morgan fingerprint density at radius 2 is 1.53 bits per heavy atom. The Hall–Kier alpha value is -2.00. The van der Waals surface area contributed by atoms with Gasteiger partial charge in [0, 0.05) is 0 Å². The van der Waals surface area contributed by atoms with Gasteiger partial charge in [-0.1, -0.05) is 36.4 Å². The van der Waals surface area contributed by atoms with Crippen LogP contribution in [-0.2, 0) is 5.60 Å². The predicted octanol–water partition coefficient (Wildman–Crippen LogP) is 2.11. The molecule has 3 nitrogen and oxygen atoms in total. The summed E-state index contributed by atoms with van der Waals surface area (Å²) >= 11 is 0. The normalized spacial score (nSPS) is 14.2. The summed E-state index contributed by atoms with van der Waals surface area (Å²) in [6.45, 7) is 1.74. The first kappa shape index (κ1) is 11.5. The molecule has 2 aromatic carbocycles. The molecule has 88 valence electrons. The zero-order valence-corrected chi connectivity index (χ0v) is 9.72. The molecule has 0 aliphatic carbocycles. The molecule has 2 rings (SSSR count). The van der Waals surface area contributed by atoms with Gasteiger partial charge < -0.3 is 16.6 Å². The Labute approximate surface area is 101 Å². The molecule has 0 fully saturated rings. The summed E-state index contributed by atoms with van der Waals surface area (Å²) in [4.78, 5) is 0. The lowest BCUT2D eigenvalue weighted by Gasteiger charge is -2.25. The summed E-state index contributed by atoms with van der Waals surface area (Å²) < 4.78 is 0. The molecule has 0 saturated heterocycles. The SMILES string of the molecule is C[C@@](O)(c1ccccc1)c1ccc(N)c(N)c1. The van der Waals surface area contributed by atoms with Gasteiger partial charge in [0.15, 0.2) is 0 Å². The van der Waals surface area contributed by atoms with Crippen molar-refractivity contribution in [2.24, 2.45) is 0 Å². The van der Waals surface area contributed by atoms with Gasteiger partial charge in [0.25, 0.3) is 0 Å². The monoisotopic (exact) mass is 228 g/mol. The van der Waals surface area contributed by atoms with E-state index in [4.69, 9.17) is 11.5 Å². The number of aliphatic hydroxyl groups is 1. The van der Waals surface area contributed by atoms with Crippen LogP contribution >= 0.6 is 0 Å². The molecule has 0 radical (unpaired) electrons. The summed E-state index contributed by atoms with van der Waals surface area (Å²) in [5.74, 6) is 0. The van der Waals surface area contributed by atoms with Crippen molar-refractivity contribution < 1.29 is 5.11 Å². The van der Waals surface area contributed by atoms with E-state index in [2.05, 4.69) is 0 Å². The lowest BCUT2D eigenvalue weighted by molar-refractivity contribution is 0.102. The van der Waals surface area contributed by atoms with Gasteiger partial charge in [0.05, 0.1) is 11.4 Å². The van der Waals surface area contributed by atoms with Crippen LogP contribution in [0.4, 0.5) is 11.4 Å². The van der Waals surface area contributed by atoms with Gasteiger partial charge in [-0.25, -0.2) is 0 Å². The van der Waals surface area contributed by atoms with E-state index >= 15 is 0 Å². The first-order valence-corrected chi connectivity index (χ1v) is 5.45. The number of hydrogen-bond acceptors (Lipinski definition) is 3. The Balaban J connectivity index is 2.48. The minimum absolute atomic E-state index is 0.485. The van der Waals surface area contributed by atoms with E-state index < -0.39 is 5.60 Å². The fourth-order valence-electron chi connectivity index (χ4n) is 1.81. The van der Waals surface area contributed by atoms with Gasteiger partial charge in [-0.3, -0.25) is 0 Å². The van der Waals surface area contributed by atoms with Gasteiger partial charge in [0.2, 0.25) is 0 Å². The number of benzene rings is 2. The van der Waals surface area contributed by atoms with Crippen molar-refractivity contribution in [1.29, 1.82) is 0 Å². The van der Waals surface area contributed by atoms with Crippen LogP contribution in [0.15, 0.2) is 48.5 Å². The first-order valence-electron chi connectivity index (χ1n) is 5.45. The average molecular weight is 228 g/mol. The van der Waals surface area contributed by atoms with Gasteiger partial charge in [-0.05, 0) is 30.2 Å². The molecular formula is C14H16N2O. The van der Waals surface area contributed by atoms with E-state index in [1.807, 2.05) is 30.3 Å². The molecule has 0 bridgehead atoms. The van der Waals surface area contributed by atoms with Crippen molar-refractivity contribution >= 4 is 11.4 Å². The van der Waals surface area contributed by atoms with E-state index in [9.17, 15) is 5.11 Å². The van der Waals surface area contributed by atoms with Crippen LogP contribution in [0.5, 0.6) is 0 Å². The summed E-state index contributed by atoms with van der Waals surface area (Å²) in [5, 5.41) is 10.6. The predicted molar refractivity (Wildman–Crippen MR) is 70.4 cm³/mol. The van der Waals surface area contributed by atoms with E-state index in [-0.39, 0.29) is 0 Å². The quantitative estimate of drug-likeness (QED) is 0.689. The highest BCUT2D eigenvalue weighted by Crippen LogP contribution is 2.31. The van der Waals surface area contributed by atoms with E-state index in [1.54, 1.807) is 25.1 Å². The molecule has 0 heterocycles. The van der Waals surface area contributed by atoms with Crippen molar-refractivity contribution in [3.63, 3.8) is 0 Å². The molecular weight excluding hydrogens is 212 g/mol. The summed E-state index contributed by atoms with van der Waals surface area (Å²) in [6.07, 6.45) is 0. The molecule has 0 amide bonds. The molecule has 17 heavy (non-hydrogen) atoms. The molecule has 0 saturated carbocycles. The topological polar surface area (TPSA) is 72.3 Å². The van der Waals surface area contributed by atoms with Crippen molar-refractivity contribution in [2.75, 3.05) is 11.5 Å². The van der Waals surface area contributed by atoms with E-state index in [1.165, 1.54) is 0 Å². The number of rotatable bonds is 2. The third kappa shape index (κ3) is 2.10. The van der Waals surface area contributed by atoms with Crippen LogP contribution in [0.3, 0.4) is 0 Å². The molecule has 5 N–H and O–H groups in total. The Morgan fingerprint density at radius 3 is 2.12 bits per heavy atom. The molecule has 0 unspecified atom stereocenters. The van der Waals surface area contributed by atoms with Crippen LogP contribution in [0.2, 0.25) is 0 Å². The summed E-state index contributed by atoms with van der Waals surface area (Å²) in [7, 11) is 0. The number of hydrogen-bond donors (Lipinski definition) is 3. The second kappa shape index (κ2) is 4.11. The van der Waals surface area contributed by atoms with Gasteiger partial charge in [-0.2, -0.15) is 0 Å². The lowest BCUT2D eigenvalue weighted by Crippen LogP contribution is -2.22. The maximum atomic E-state index is 10.6. The zero-order chi connectivity index (χ0) is 12.5. The van der Waals surface area contributed by atoms with Gasteiger partial charge in [0.1, 0.15) is 5.60 Å². The van der Waals surface area contributed by atoms with Crippen LogP contribution in [0.25, 0.3) is 0 Å². The molecule has 1 atom stereocenters. The maximum absolute atomic E-state index is 10.6. The third-order valence-electron chi connectivity index (χ3n) is 2.98. The number of nitrogen functional groups attached to an aromatic ring is 2. The minimum Gasteiger partial charge on any atom is -0.397 e. The van der Waals surface area contributed by atoms with E-state index in [0.717, 1.165) is 11.1 Å². The van der Waals surface area contributed by atoms with Crippen molar-refractivity contribution in [3.05, 3.63) is 59.7 Å².